The Balaban J connectivity index is 2.13. The van der Waals surface area contributed by atoms with Gasteiger partial charge in [-0.3, -0.25) is 4.90 Å². The molecule has 20 heavy (non-hydrogen) atoms. The molecule has 1 heterocycles. The quantitative estimate of drug-likeness (QED) is 0.840. The van der Waals surface area contributed by atoms with Gasteiger partial charge in [0.05, 0.1) is 24.5 Å². The number of hydrogen-bond acceptors (Lipinski definition) is 5. The second-order valence-electron chi connectivity index (χ2n) is 5.03. The first-order chi connectivity index (χ1) is 9.78. The number of anilines is 1. The summed E-state index contributed by atoms with van der Waals surface area (Å²) in [6.07, 6.45) is 1.02. The van der Waals surface area contributed by atoms with E-state index in [-0.39, 0.29) is 13.2 Å². The van der Waals surface area contributed by atoms with E-state index in [0.717, 1.165) is 43.9 Å². The molecule has 0 bridgehead atoms. The Morgan fingerprint density at radius 3 is 2.70 bits per heavy atom. The molecule has 1 aliphatic rings. The summed E-state index contributed by atoms with van der Waals surface area (Å²) in [5.41, 5.74) is 2.32. The van der Waals surface area contributed by atoms with Crippen molar-refractivity contribution in [1.29, 1.82) is 5.26 Å². The highest BCUT2D eigenvalue weighted by Crippen LogP contribution is 2.23. The van der Waals surface area contributed by atoms with Gasteiger partial charge in [0.1, 0.15) is 6.07 Å². The van der Waals surface area contributed by atoms with Gasteiger partial charge in [-0.25, -0.2) is 0 Å². The predicted octanol–water partition coefficient (Wildman–Crippen LogP) is 0.555. The molecule has 108 valence electrons. The number of nitriles is 1. The van der Waals surface area contributed by atoms with Crippen LogP contribution in [0, 0.1) is 11.3 Å². The Labute approximate surface area is 119 Å². The summed E-state index contributed by atoms with van der Waals surface area (Å²) >= 11 is 0. The molecular formula is C15H21N3O2. The molecule has 0 saturated carbocycles. The summed E-state index contributed by atoms with van der Waals surface area (Å²) in [6, 6.07) is 7.76. The Hall–Kier alpha value is -1.61. The number of β-amino-alcohol motifs (C(OH)–C–C–N with tert-alkyl or cyclic N) is 1. The Morgan fingerprint density at radius 1 is 1.15 bits per heavy atom. The number of rotatable bonds is 4. The van der Waals surface area contributed by atoms with Crippen molar-refractivity contribution in [3.05, 3.63) is 29.3 Å². The summed E-state index contributed by atoms with van der Waals surface area (Å²) in [7, 11) is 0. The molecule has 1 aromatic rings. The van der Waals surface area contributed by atoms with E-state index in [2.05, 4.69) is 15.9 Å². The molecular weight excluding hydrogens is 254 g/mol. The number of aliphatic hydroxyl groups is 2. The van der Waals surface area contributed by atoms with Crippen molar-refractivity contribution in [3.8, 4) is 6.07 Å². The van der Waals surface area contributed by atoms with Crippen molar-refractivity contribution in [1.82, 2.24) is 4.90 Å². The van der Waals surface area contributed by atoms with Crippen molar-refractivity contribution in [2.24, 2.45) is 0 Å². The summed E-state index contributed by atoms with van der Waals surface area (Å²) < 4.78 is 0. The second kappa shape index (κ2) is 7.25. The standard InChI is InChI=1S/C15H21N3O2/c16-11-14-10-13(12-20)2-3-15(14)18-5-1-4-17(6-7-18)8-9-19/h2-3,10,19-20H,1,4-9,12H2. The van der Waals surface area contributed by atoms with Gasteiger partial charge in [0, 0.05) is 26.2 Å². The fourth-order valence-electron chi connectivity index (χ4n) is 2.62. The van der Waals surface area contributed by atoms with Crippen molar-refractivity contribution in [2.45, 2.75) is 13.0 Å². The van der Waals surface area contributed by atoms with Crippen LogP contribution in [-0.2, 0) is 6.61 Å². The maximum absolute atomic E-state index is 9.27. The molecule has 0 radical (unpaired) electrons. The van der Waals surface area contributed by atoms with Crippen LogP contribution in [0.3, 0.4) is 0 Å². The first-order valence-electron chi connectivity index (χ1n) is 7.00. The normalized spacial score (nSPS) is 16.8. The van der Waals surface area contributed by atoms with Crippen LogP contribution in [0.2, 0.25) is 0 Å². The van der Waals surface area contributed by atoms with Gasteiger partial charge in [0.15, 0.2) is 0 Å². The predicted molar refractivity (Wildman–Crippen MR) is 77.4 cm³/mol. The summed E-state index contributed by atoms with van der Waals surface area (Å²) in [5.74, 6) is 0. The van der Waals surface area contributed by atoms with E-state index in [1.165, 1.54) is 0 Å². The molecule has 1 aliphatic heterocycles. The SMILES string of the molecule is N#Cc1cc(CO)ccc1N1CCCN(CCO)CC1. The third-order valence-corrected chi connectivity index (χ3v) is 3.71. The number of benzene rings is 1. The lowest BCUT2D eigenvalue weighted by Gasteiger charge is -2.24. The topological polar surface area (TPSA) is 70.7 Å². The van der Waals surface area contributed by atoms with Crippen LogP contribution in [0.15, 0.2) is 18.2 Å². The van der Waals surface area contributed by atoms with E-state index in [0.29, 0.717) is 12.1 Å². The minimum Gasteiger partial charge on any atom is -0.395 e. The summed E-state index contributed by atoms with van der Waals surface area (Å²) in [4.78, 5) is 4.46. The average molecular weight is 275 g/mol. The lowest BCUT2D eigenvalue weighted by molar-refractivity contribution is 0.204. The van der Waals surface area contributed by atoms with Crippen LogP contribution in [0.5, 0.6) is 0 Å². The fourth-order valence-corrected chi connectivity index (χ4v) is 2.62. The van der Waals surface area contributed by atoms with Crippen LogP contribution in [0.4, 0.5) is 5.69 Å². The highest BCUT2D eigenvalue weighted by Gasteiger charge is 2.17. The zero-order chi connectivity index (χ0) is 14.4. The third-order valence-electron chi connectivity index (χ3n) is 3.71. The second-order valence-corrected chi connectivity index (χ2v) is 5.03. The third kappa shape index (κ3) is 3.48. The largest absolute Gasteiger partial charge is 0.395 e. The maximum Gasteiger partial charge on any atom is 0.101 e. The number of aliphatic hydroxyl groups excluding tert-OH is 2. The Morgan fingerprint density at radius 2 is 2.00 bits per heavy atom. The van der Waals surface area contributed by atoms with E-state index in [9.17, 15) is 5.26 Å². The smallest absolute Gasteiger partial charge is 0.101 e. The van der Waals surface area contributed by atoms with Crippen molar-refractivity contribution in [2.75, 3.05) is 44.2 Å². The number of nitrogens with zero attached hydrogens (tertiary/aromatic N) is 3. The monoisotopic (exact) mass is 275 g/mol. The van der Waals surface area contributed by atoms with Crippen LogP contribution >= 0.6 is 0 Å². The molecule has 0 spiro atoms. The van der Waals surface area contributed by atoms with Gasteiger partial charge in [0.25, 0.3) is 0 Å². The molecule has 0 amide bonds. The van der Waals surface area contributed by atoms with Crippen molar-refractivity contribution >= 4 is 5.69 Å². The van der Waals surface area contributed by atoms with Crippen LogP contribution < -0.4 is 4.90 Å². The highest BCUT2D eigenvalue weighted by atomic mass is 16.3. The van der Waals surface area contributed by atoms with Gasteiger partial charge < -0.3 is 15.1 Å². The summed E-state index contributed by atoms with van der Waals surface area (Å²) in [6.45, 7) is 4.50. The lowest BCUT2D eigenvalue weighted by atomic mass is 10.1. The molecule has 0 aliphatic carbocycles. The zero-order valence-electron chi connectivity index (χ0n) is 11.6. The number of hydrogen-bond donors (Lipinski definition) is 2. The first kappa shape index (κ1) is 14.8. The minimum absolute atomic E-state index is 0.0424. The fraction of sp³-hybridized carbons (Fsp3) is 0.533. The van der Waals surface area contributed by atoms with Crippen molar-refractivity contribution < 1.29 is 10.2 Å². The van der Waals surface area contributed by atoms with Crippen molar-refractivity contribution in [3.63, 3.8) is 0 Å². The van der Waals surface area contributed by atoms with E-state index in [4.69, 9.17) is 10.2 Å². The molecule has 5 heteroatoms. The first-order valence-corrected chi connectivity index (χ1v) is 7.00. The zero-order valence-corrected chi connectivity index (χ0v) is 11.6. The average Bonchev–Trinajstić information content (AvgIpc) is 2.72. The van der Waals surface area contributed by atoms with Gasteiger partial charge >= 0.3 is 0 Å². The van der Waals surface area contributed by atoms with Gasteiger partial charge in [-0.15, -0.1) is 0 Å². The van der Waals surface area contributed by atoms with Gasteiger partial charge in [-0.2, -0.15) is 5.26 Å². The molecule has 0 aromatic heterocycles. The van der Waals surface area contributed by atoms with Crippen LogP contribution in [-0.4, -0.2) is 54.4 Å². The molecule has 5 nitrogen and oxygen atoms in total. The molecule has 0 unspecified atom stereocenters. The van der Waals surface area contributed by atoms with E-state index < -0.39 is 0 Å². The molecule has 0 atom stereocenters. The van der Waals surface area contributed by atoms with E-state index >= 15 is 0 Å². The van der Waals surface area contributed by atoms with Gasteiger partial charge in [-0.1, -0.05) is 6.07 Å². The molecule has 2 N–H and O–H groups in total. The summed E-state index contributed by atoms with van der Waals surface area (Å²) in [5, 5.41) is 27.4. The van der Waals surface area contributed by atoms with Crippen LogP contribution in [0.1, 0.15) is 17.5 Å². The lowest BCUT2D eigenvalue weighted by Crippen LogP contribution is -2.32. The molecule has 1 saturated heterocycles. The van der Waals surface area contributed by atoms with Crippen LogP contribution in [0.25, 0.3) is 0 Å². The molecule has 2 rings (SSSR count). The molecule has 1 fully saturated rings. The van der Waals surface area contributed by atoms with E-state index in [1.807, 2.05) is 12.1 Å². The highest BCUT2D eigenvalue weighted by molar-refractivity contribution is 5.60. The molecule has 1 aromatic carbocycles. The Kier molecular flexibility index (Phi) is 5.36. The van der Waals surface area contributed by atoms with E-state index in [1.54, 1.807) is 6.07 Å². The van der Waals surface area contributed by atoms with Gasteiger partial charge in [0.2, 0.25) is 0 Å². The Bertz CT molecular complexity index is 484. The van der Waals surface area contributed by atoms with Gasteiger partial charge in [-0.05, 0) is 30.7 Å². The minimum atomic E-state index is -0.0424. The maximum atomic E-state index is 9.27.